The van der Waals surface area contributed by atoms with Crippen molar-refractivity contribution in [3.05, 3.63) is 105 Å². The van der Waals surface area contributed by atoms with Crippen LogP contribution in [-0.4, -0.2) is 98.5 Å². The van der Waals surface area contributed by atoms with E-state index >= 15 is 0 Å². The number of thioether (sulfide) groups is 2. The lowest BCUT2D eigenvalue weighted by atomic mass is 10.0. The Morgan fingerprint density at radius 1 is 0.558 bits per heavy atom. The van der Waals surface area contributed by atoms with Crippen LogP contribution in [0.1, 0.15) is 56.2 Å². The lowest BCUT2D eigenvalue weighted by Gasteiger charge is -2.34. The van der Waals surface area contributed by atoms with Crippen LogP contribution < -0.4 is 0 Å². The maximum absolute atomic E-state index is 13.1. The van der Waals surface area contributed by atoms with Gasteiger partial charge in [0.2, 0.25) is 22.1 Å². The smallest absolute Gasteiger partial charge is 0.253 e. The summed E-state index contributed by atoms with van der Waals surface area (Å²) in [5.74, 6) is 1.50. The van der Waals surface area contributed by atoms with Gasteiger partial charge < -0.3 is 9.80 Å². The highest BCUT2D eigenvalue weighted by molar-refractivity contribution is 8.00. The van der Waals surface area contributed by atoms with Gasteiger partial charge in [-0.05, 0) is 63.8 Å². The van der Waals surface area contributed by atoms with E-state index < -0.39 is 0 Å². The number of carbonyl (C=O) groups is 2. The summed E-state index contributed by atoms with van der Waals surface area (Å²) in [4.78, 5) is 48.5. The number of hydrogen-bond acceptors (Lipinski definition) is 10. The average molecular weight is 735 g/mol. The molecule has 1 fully saturated rings. The molecule has 7 rings (SSSR count). The first kappa shape index (κ1) is 35.6. The van der Waals surface area contributed by atoms with Gasteiger partial charge in [-0.3, -0.25) is 9.59 Å². The minimum Gasteiger partial charge on any atom is -0.338 e. The van der Waals surface area contributed by atoms with Crippen LogP contribution in [0.4, 0.5) is 0 Å². The number of benzene rings is 2. The molecule has 0 aliphatic carbocycles. The van der Waals surface area contributed by atoms with E-state index in [4.69, 9.17) is 9.97 Å². The predicted molar refractivity (Wildman–Crippen MR) is 203 cm³/mol. The third-order valence-corrected chi connectivity index (χ3v) is 11.3. The lowest BCUT2D eigenvalue weighted by Crippen LogP contribution is -2.51. The van der Waals surface area contributed by atoms with Crippen LogP contribution in [-0.2, 0) is 22.4 Å². The summed E-state index contributed by atoms with van der Waals surface area (Å²) in [6, 6.07) is 17.0. The topological polar surface area (TPSA) is 127 Å². The second-order valence-electron chi connectivity index (χ2n) is 13.4. The molecule has 1 aliphatic heterocycles. The van der Waals surface area contributed by atoms with Crippen LogP contribution >= 0.6 is 23.5 Å². The third-order valence-electron chi connectivity index (χ3n) is 9.70. The van der Waals surface area contributed by atoms with E-state index in [1.165, 1.54) is 45.8 Å². The number of fused-ring (bicyclic) bond motifs is 2. The van der Waals surface area contributed by atoms with E-state index in [0.717, 1.165) is 46.7 Å². The molecule has 0 radical (unpaired) electrons. The summed E-state index contributed by atoms with van der Waals surface area (Å²) >= 11 is 2.63. The molecule has 0 bridgehead atoms. The van der Waals surface area contributed by atoms with E-state index in [1.807, 2.05) is 37.5 Å². The Hall–Kier alpha value is -4.82. The summed E-state index contributed by atoms with van der Waals surface area (Å²) in [7, 11) is 0. The highest BCUT2D eigenvalue weighted by Crippen LogP contribution is 2.23. The molecular formula is C38H42N10O2S2. The largest absolute Gasteiger partial charge is 0.338 e. The molecule has 268 valence electrons. The van der Waals surface area contributed by atoms with Crippen molar-refractivity contribution in [2.45, 2.75) is 64.7 Å². The van der Waals surface area contributed by atoms with Crippen LogP contribution in [0.2, 0.25) is 0 Å². The summed E-state index contributed by atoms with van der Waals surface area (Å²) in [5, 5.41) is 10.4. The van der Waals surface area contributed by atoms with Crippen molar-refractivity contribution < 1.29 is 9.59 Å². The van der Waals surface area contributed by atoms with E-state index in [0.29, 0.717) is 48.0 Å². The number of hydrogen-bond donors (Lipinski definition) is 0. The van der Waals surface area contributed by atoms with Gasteiger partial charge in [0.25, 0.3) is 11.6 Å². The van der Waals surface area contributed by atoms with Gasteiger partial charge in [-0.2, -0.15) is 9.97 Å². The van der Waals surface area contributed by atoms with Crippen LogP contribution in [0.3, 0.4) is 0 Å². The number of amides is 2. The zero-order valence-electron chi connectivity index (χ0n) is 30.4. The number of piperazine rings is 1. The van der Waals surface area contributed by atoms with Crippen molar-refractivity contribution in [2.24, 2.45) is 0 Å². The molecule has 14 heteroatoms. The molecule has 2 amide bonds. The fraction of sp³-hybridized carbons (Fsp3) is 0.368. The van der Waals surface area contributed by atoms with Crippen LogP contribution in [0.15, 0.2) is 58.8 Å². The second kappa shape index (κ2) is 15.0. The van der Waals surface area contributed by atoms with Crippen molar-refractivity contribution in [2.75, 3.05) is 37.7 Å². The first-order valence-corrected chi connectivity index (χ1v) is 19.4. The van der Waals surface area contributed by atoms with Gasteiger partial charge in [-0.15, -0.1) is 10.2 Å². The molecule has 52 heavy (non-hydrogen) atoms. The van der Waals surface area contributed by atoms with Gasteiger partial charge in [-0.25, -0.2) is 19.0 Å². The maximum Gasteiger partial charge on any atom is 0.253 e. The molecule has 6 aromatic rings. The molecule has 0 saturated carbocycles. The van der Waals surface area contributed by atoms with E-state index in [2.05, 4.69) is 82.5 Å². The molecule has 1 saturated heterocycles. The van der Waals surface area contributed by atoms with Gasteiger partial charge in [0.1, 0.15) is 0 Å². The highest BCUT2D eigenvalue weighted by Gasteiger charge is 2.25. The molecule has 0 unspecified atom stereocenters. The molecular weight excluding hydrogens is 693 g/mol. The summed E-state index contributed by atoms with van der Waals surface area (Å²) in [5.41, 5.74) is 11.0. The fourth-order valence-electron chi connectivity index (χ4n) is 6.47. The van der Waals surface area contributed by atoms with Gasteiger partial charge >= 0.3 is 0 Å². The first-order chi connectivity index (χ1) is 25.0. The van der Waals surface area contributed by atoms with Crippen molar-refractivity contribution >= 4 is 46.9 Å². The van der Waals surface area contributed by atoms with Crippen molar-refractivity contribution in [1.82, 2.24) is 49.0 Å². The number of rotatable bonds is 10. The zero-order chi connectivity index (χ0) is 36.5. The molecule has 1 aliphatic rings. The van der Waals surface area contributed by atoms with E-state index in [-0.39, 0.29) is 23.3 Å². The highest BCUT2D eigenvalue weighted by atomic mass is 32.2. The first-order valence-electron chi connectivity index (χ1n) is 17.4. The monoisotopic (exact) mass is 734 g/mol. The van der Waals surface area contributed by atoms with E-state index in [1.54, 1.807) is 9.03 Å². The zero-order valence-corrected chi connectivity index (χ0v) is 32.0. The fourth-order valence-corrected chi connectivity index (χ4v) is 7.92. The molecule has 4 aromatic heterocycles. The third kappa shape index (κ3) is 7.68. The van der Waals surface area contributed by atoms with Gasteiger partial charge in [0.15, 0.2) is 0 Å². The lowest BCUT2D eigenvalue weighted by molar-refractivity contribution is -0.136. The number of aromatic nitrogens is 8. The average Bonchev–Trinajstić information content (AvgIpc) is 3.75. The van der Waals surface area contributed by atoms with Crippen LogP contribution in [0, 0.1) is 41.5 Å². The van der Waals surface area contributed by atoms with Crippen LogP contribution in [0.5, 0.6) is 0 Å². The molecule has 5 heterocycles. The Kier molecular flexibility index (Phi) is 10.3. The van der Waals surface area contributed by atoms with Crippen molar-refractivity contribution in [3.63, 3.8) is 0 Å². The Balaban J connectivity index is 0.903. The van der Waals surface area contributed by atoms with Gasteiger partial charge in [0, 0.05) is 61.8 Å². The number of nitrogens with zero attached hydrogens (tertiary/aromatic N) is 10. The molecule has 12 nitrogen and oxygen atoms in total. The minimum atomic E-state index is 0.0000583. The summed E-state index contributed by atoms with van der Waals surface area (Å²) < 4.78 is 3.55. The Labute approximate surface area is 311 Å². The summed E-state index contributed by atoms with van der Waals surface area (Å²) in [6.07, 6.45) is 1.53. The molecule has 0 atom stereocenters. The van der Waals surface area contributed by atoms with Gasteiger partial charge in [-0.1, -0.05) is 83.2 Å². The Bertz CT molecular complexity index is 2110. The normalized spacial score (nSPS) is 13.4. The predicted octanol–water partition coefficient (Wildman–Crippen LogP) is 5.15. The SMILES string of the molecule is Cc1ccc(Cc2c(C)nc3nc(SCC(=O)N4CCN(C(=O)CSc5nc6nc(C)c(Cc7ccc(C)cc7)c(C)n6n5)CC4)nn3c2C)cc1. The Morgan fingerprint density at radius 3 is 1.29 bits per heavy atom. The standard InChI is InChI=1S/C38H42N10O2S2/c1-23-7-11-29(12-8-23)19-31-25(3)39-35-41-37(43-47(35)27(31)5)51-21-33(49)45-15-17-46(18-16-45)34(50)22-52-38-42-36-40-26(4)32(28(6)48(36)44-38)20-30-13-9-24(2)10-14-30/h7-14H,15-22H2,1-6H3. The maximum atomic E-state index is 13.1. The molecule has 0 N–H and O–H groups in total. The van der Waals surface area contributed by atoms with Crippen LogP contribution in [0.25, 0.3) is 11.6 Å². The van der Waals surface area contributed by atoms with Gasteiger partial charge in [0.05, 0.1) is 11.5 Å². The Morgan fingerprint density at radius 2 is 0.923 bits per heavy atom. The molecule has 0 spiro atoms. The molecule has 2 aromatic carbocycles. The number of carbonyl (C=O) groups excluding carboxylic acids is 2. The van der Waals surface area contributed by atoms with Crippen molar-refractivity contribution in [1.29, 1.82) is 0 Å². The second-order valence-corrected chi connectivity index (χ2v) is 15.3. The van der Waals surface area contributed by atoms with E-state index in [9.17, 15) is 9.59 Å². The quantitative estimate of drug-likeness (QED) is 0.175. The summed E-state index contributed by atoms with van der Waals surface area (Å²) in [6.45, 7) is 14.2. The van der Waals surface area contributed by atoms with Crippen molar-refractivity contribution in [3.8, 4) is 0 Å². The number of aryl methyl sites for hydroxylation is 6. The minimum absolute atomic E-state index is 0.0000583.